The number of aryl methyl sites for hydroxylation is 2. The number of hydrogen-bond acceptors (Lipinski definition) is 3. The van der Waals surface area contributed by atoms with Gasteiger partial charge in [-0.3, -0.25) is 4.68 Å². The number of ether oxygens (including phenoxy) is 1. The molecule has 4 unspecified atom stereocenters. The van der Waals surface area contributed by atoms with E-state index in [0.29, 0.717) is 24.0 Å². The number of likely N-dealkylation sites (tertiary alicyclic amines) is 1. The van der Waals surface area contributed by atoms with Crippen molar-refractivity contribution in [3.05, 3.63) is 17.0 Å². The molecule has 1 aromatic rings. The number of aromatic nitrogens is 2. The number of guanidine groups is 1. The zero-order chi connectivity index (χ0) is 18.3. The van der Waals surface area contributed by atoms with E-state index in [1.54, 1.807) is 0 Å². The van der Waals surface area contributed by atoms with Crippen molar-refractivity contribution < 1.29 is 4.74 Å². The second-order valence-electron chi connectivity index (χ2n) is 7.90. The first-order valence-electron chi connectivity index (χ1n) is 10.4. The zero-order valence-electron chi connectivity index (χ0n) is 16.7. The summed E-state index contributed by atoms with van der Waals surface area (Å²) in [5, 5.41) is 8.22. The lowest BCUT2D eigenvalue weighted by molar-refractivity contribution is 0.0767. The monoisotopic (exact) mass is 359 g/mol. The second kappa shape index (κ2) is 7.22. The molecule has 3 aliphatic rings. The molecule has 6 heteroatoms. The molecule has 0 saturated carbocycles. The first-order chi connectivity index (χ1) is 12.7. The molecule has 4 rings (SSSR count). The Hall–Kier alpha value is -1.56. The van der Waals surface area contributed by atoms with Crippen LogP contribution in [-0.2, 0) is 31.2 Å². The minimum absolute atomic E-state index is 0.495. The lowest BCUT2D eigenvalue weighted by Gasteiger charge is -2.23. The molecule has 0 spiro atoms. The molecule has 4 heterocycles. The molecule has 2 bridgehead atoms. The number of nitrogens with zero attached hydrogens (tertiary/aromatic N) is 4. The fraction of sp³-hybridized carbons (Fsp3) is 0.800. The van der Waals surface area contributed by atoms with Gasteiger partial charge >= 0.3 is 0 Å². The van der Waals surface area contributed by atoms with Crippen LogP contribution in [0.25, 0.3) is 0 Å². The Morgan fingerprint density at radius 2 is 1.85 bits per heavy atom. The van der Waals surface area contributed by atoms with Gasteiger partial charge in [0.2, 0.25) is 0 Å². The van der Waals surface area contributed by atoms with Crippen LogP contribution in [0.1, 0.15) is 50.6 Å². The molecular weight excluding hydrogens is 326 g/mol. The van der Waals surface area contributed by atoms with Crippen LogP contribution < -0.4 is 5.32 Å². The van der Waals surface area contributed by atoms with Crippen molar-refractivity contribution in [2.75, 3.05) is 19.6 Å². The molecule has 1 N–H and O–H groups in total. The Kier molecular flexibility index (Phi) is 4.95. The van der Waals surface area contributed by atoms with E-state index in [1.807, 2.05) is 11.7 Å². The average Bonchev–Trinajstić information content (AvgIpc) is 3.38. The minimum atomic E-state index is 0.495. The molecule has 26 heavy (non-hydrogen) atoms. The van der Waals surface area contributed by atoms with Crippen LogP contribution in [0.15, 0.2) is 4.99 Å². The van der Waals surface area contributed by atoms with E-state index in [4.69, 9.17) is 14.8 Å². The maximum atomic E-state index is 6.12. The molecule has 4 atom stereocenters. The van der Waals surface area contributed by atoms with E-state index in [1.165, 1.54) is 29.8 Å². The molecule has 3 saturated heterocycles. The first-order valence-corrected chi connectivity index (χ1v) is 10.4. The van der Waals surface area contributed by atoms with Gasteiger partial charge in [-0.2, -0.15) is 5.10 Å². The molecule has 3 aliphatic heterocycles. The quantitative estimate of drug-likeness (QED) is 0.646. The molecule has 1 aromatic heterocycles. The Balaban J connectivity index is 1.52. The lowest BCUT2D eigenvalue weighted by Crippen LogP contribution is -2.41. The van der Waals surface area contributed by atoms with Gasteiger partial charge in [-0.25, -0.2) is 4.99 Å². The summed E-state index contributed by atoms with van der Waals surface area (Å²) in [6, 6.07) is 0. The highest BCUT2D eigenvalue weighted by Crippen LogP contribution is 2.47. The van der Waals surface area contributed by atoms with E-state index in [2.05, 4.69) is 31.0 Å². The normalized spacial score (nSPS) is 30.3. The highest BCUT2D eigenvalue weighted by atomic mass is 16.5. The Labute approximate surface area is 157 Å². The number of rotatable bonds is 5. The first kappa shape index (κ1) is 17.8. The van der Waals surface area contributed by atoms with E-state index >= 15 is 0 Å². The minimum Gasteiger partial charge on any atom is -0.374 e. The van der Waals surface area contributed by atoms with E-state index < -0.39 is 0 Å². The highest BCUT2D eigenvalue weighted by molar-refractivity contribution is 5.80. The SMILES string of the molecule is CCNC(=NCc1c(CC)nn(C)c1CC)N1CC2C3CCC(O3)C2C1. The van der Waals surface area contributed by atoms with Crippen LogP contribution in [0.5, 0.6) is 0 Å². The van der Waals surface area contributed by atoms with Crippen molar-refractivity contribution >= 4 is 5.96 Å². The summed E-state index contributed by atoms with van der Waals surface area (Å²) >= 11 is 0. The largest absolute Gasteiger partial charge is 0.374 e. The van der Waals surface area contributed by atoms with Crippen LogP contribution >= 0.6 is 0 Å². The van der Waals surface area contributed by atoms with Crippen molar-refractivity contribution in [2.24, 2.45) is 23.9 Å². The molecule has 0 aromatic carbocycles. The molecule has 0 radical (unpaired) electrons. The smallest absolute Gasteiger partial charge is 0.194 e. The van der Waals surface area contributed by atoms with Gasteiger partial charge in [-0.05, 0) is 32.6 Å². The topological polar surface area (TPSA) is 54.7 Å². The number of aliphatic imine (C=N–C) groups is 1. The fourth-order valence-electron chi connectivity index (χ4n) is 5.29. The molecule has 0 aliphatic carbocycles. The predicted octanol–water partition coefficient (Wildman–Crippen LogP) is 2.12. The van der Waals surface area contributed by atoms with Gasteiger partial charge in [0.25, 0.3) is 0 Å². The number of fused-ring (bicyclic) bond motifs is 5. The molecule has 0 amide bonds. The number of nitrogens with one attached hydrogen (secondary N) is 1. The van der Waals surface area contributed by atoms with E-state index in [0.717, 1.165) is 45.0 Å². The Bertz CT molecular complexity index is 664. The molecule has 6 nitrogen and oxygen atoms in total. The van der Waals surface area contributed by atoms with Gasteiger partial charge in [0, 0.05) is 49.8 Å². The third-order valence-electron chi connectivity index (χ3n) is 6.50. The van der Waals surface area contributed by atoms with Crippen LogP contribution in [0.4, 0.5) is 0 Å². The maximum absolute atomic E-state index is 6.12. The van der Waals surface area contributed by atoms with Crippen molar-refractivity contribution in [3.8, 4) is 0 Å². The third-order valence-corrected chi connectivity index (χ3v) is 6.50. The summed E-state index contributed by atoms with van der Waals surface area (Å²) in [4.78, 5) is 7.50. The van der Waals surface area contributed by atoms with Crippen molar-refractivity contribution in [3.63, 3.8) is 0 Å². The van der Waals surface area contributed by atoms with Gasteiger partial charge < -0.3 is 15.0 Å². The number of hydrogen-bond donors (Lipinski definition) is 1. The summed E-state index contributed by atoms with van der Waals surface area (Å²) < 4.78 is 8.16. The average molecular weight is 360 g/mol. The lowest BCUT2D eigenvalue weighted by atomic mass is 9.82. The zero-order valence-corrected chi connectivity index (χ0v) is 16.7. The highest BCUT2D eigenvalue weighted by Gasteiger charge is 2.53. The summed E-state index contributed by atoms with van der Waals surface area (Å²) in [7, 11) is 2.05. The van der Waals surface area contributed by atoms with Gasteiger partial charge in [-0.1, -0.05) is 13.8 Å². The summed E-state index contributed by atoms with van der Waals surface area (Å²) in [6.07, 6.45) is 5.46. The van der Waals surface area contributed by atoms with Gasteiger partial charge in [0.15, 0.2) is 5.96 Å². The Morgan fingerprint density at radius 3 is 2.42 bits per heavy atom. The van der Waals surface area contributed by atoms with Gasteiger partial charge in [0.05, 0.1) is 24.4 Å². The van der Waals surface area contributed by atoms with Crippen molar-refractivity contribution in [1.82, 2.24) is 20.0 Å². The molecule has 144 valence electrons. The van der Waals surface area contributed by atoms with Gasteiger partial charge in [0.1, 0.15) is 0 Å². The van der Waals surface area contributed by atoms with Crippen LogP contribution in [0.2, 0.25) is 0 Å². The molecular formula is C20H33N5O. The van der Waals surface area contributed by atoms with Crippen molar-refractivity contribution in [2.45, 2.75) is 65.2 Å². The summed E-state index contributed by atoms with van der Waals surface area (Å²) in [5.41, 5.74) is 3.82. The standard InChI is InChI=1S/C20H33N5O/c1-5-16-13(17(6-2)24(4)23-16)10-22-20(21-7-3)25-11-14-15(12-25)19-9-8-18(14)26-19/h14-15,18-19H,5-12H2,1-4H3,(H,21,22). The van der Waals surface area contributed by atoms with Crippen LogP contribution in [-0.4, -0.2) is 52.5 Å². The maximum Gasteiger partial charge on any atom is 0.194 e. The van der Waals surface area contributed by atoms with E-state index in [9.17, 15) is 0 Å². The van der Waals surface area contributed by atoms with Crippen molar-refractivity contribution in [1.29, 1.82) is 0 Å². The third kappa shape index (κ3) is 2.92. The predicted molar refractivity (Wildman–Crippen MR) is 103 cm³/mol. The van der Waals surface area contributed by atoms with Crippen LogP contribution in [0.3, 0.4) is 0 Å². The summed E-state index contributed by atoms with van der Waals surface area (Å²) in [6.45, 7) is 10.3. The molecule has 3 fully saturated rings. The Morgan fingerprint density at radius 1 is 1.15 bits per heavy atom. The van der Waals surface area contributed by atoms with Crippen LogP contribution in [0, 0.1) is 11.8 Å². The second-order valence-corrected chi connectivity index (χ2v) is 7.90. The van der Waals surface area contributed by atoms with Gasteiger partial charge in [-0.15, -0.1) is 0 Å². The summed E-state index contributed by atoms with van der Waals surface area (Å²) in [5.74, 6) is 2.47. The van der Waals surface area contributed by atoms with E-state index in [-0.39, 0.29) is 0 Å². The fourth-order valence-corrected chi connectivity index (χ4v) is 5.29.